The van der Waals surface area contributed by atoms with E-state index in [1.165, 1.54) is 0 Å². The van der Waals surface area contributed by atoms with Crippen molar-refractivity contribution in [3.63, 3.8) is 0 Å². The number of hydrogen-bond donors (Lipinski definition) is 0. The molecule has 0 spiro atoms. The minimum absolute atomic E-state index is 0.264. The lowest BCUT2D eigenvalue weighted by atomic mass is 10.2. The van der Waals surface area contributed by atoms with Gasteiger partial charge in [0.25, 0.3) is 0 Å². The highest BCUT2D eigenvalue weighted by Gasteiger charge is 2.30. The van der Waals surface area contributed by atoms with Crippen LogP contribution in [0.25, 0.3) is 0 Å². The molecule has 0 bridgehead atoms. The number of ether oxygens (including phenoxy) is 2. The van der Waals surface area contributed by atoms with Crippen LogP contribution in [0.1, 0.15) is 20.8 Å². The Morgan fingerprint density at radius 3 is 2.46 bits per heavy atom. The molecule has 0 saturated carbocycles. The van der Waals surface area contributed by atoms with E-state index < -0.39 is 0 Å². The van der Waals surface area contributed by atoms with Gasteiger partial charge in [0.05, 0.1) is 25.4 Å². The van der Waals surface area contributed by atoms with Crippen LogP contribution in [0.2, 0.25) is 0 Å². The summed E-state index contributed by atoms with van der Waals surface area (Å²) in [5, 5.41) is 0. The third kappa shape index (κ3) is 3.63. The Balaban J connectivity index is 0.000000671. The van der Waals surface area contributed by atoms with Crippen LogP contribution in [0.3, 0.4) is 0 Å². The van der Waals surface area contributed by atoms with Crippen molar-refractivity contribution in [2.24, 2.45) is 0 Å². The minimum atomic E-state index is 0.264. The molecule has 3 nitrogen and oxygen atoms in total. The summed E-state index contributed by atoms with van der Waals surface area (Å²) < 4.78 is 10.6. The van der Waals surface area contributed by atoms with E-state index in [1.807, 2.05) is 13.8 Å². The fourth-order valence-electron chi connectivity index (χ4n) is 1.39. The molecule has 3 heteroatoms. The zero-order valence-electron chi connectivity index (χ0n) is 9.54. The van der Waals surface area contributed by atoms with Crippen molar-refractivity contribution in [2.45, 2.75) is 32.9 Å². The van der Waals surface area contributed by atoms with Crippen LogP contribution in [0, 0.1) is 0 Å². The minimum Gasteiger partial charge on any atom is -0.377 e. The highest BCUT2D eigenvalue weighted by molar-refractivity contribution is 4.82. The van der Waals surface area contributed by atoms with Crippen molar-refractivity contribution in [2.75, 3.05) is 33.9 Å². The normalized spacial score (nSPS) is 27.2. The lowest BCUT2D eigenvalue weighted by Crippen LogP contribution is -2.41. The number of nitrogens with zero attached hydrogens (tertiary/aromatic N) is 1. The van der Waals surface area contributed by atoms with Gasteiger partial charge in [-0.15, -0.1) is 0 Å². The van der Waals surface area contributed by atoms with Gasteiger partial charge in [-0.3, -0.25) is 4.90 Å². The average Bonchev–Trinajstić information content (AvgIpc) is 2.67. The molecule has 1 rings (SSSR count). The second kappa shape index (κ2) is 7.30. The standard InChI is InChI=1S/C8H17NO2.C2H6/c1-4-9(2)7-5-11-6-8(7)10-3;1-2/h7-8H,4-6H2,1-3H3;1-2H3. The molecule has 2 unspecified atom stereocenters. The predicted octanol–water partition coefficient (Wildman–Crippen LogP) is 1.38. The summed E-state index contributed by atoms with van der Waals surface area (Å²) in [4.78, 5) is 2.27. The molecule has 1 aliphatic heterocycles. The van der Waals surface area contributed by atoms with Crippen LogP contribution < -0.4 is 0 Å². The Morgan fingerprint density at radius 2 is 2.00 bits per heavy atom. The maximum Gasteiger partial charge on any atom is 0.0981 e. The smallest absolute Gasteiger partial charge is 0.0981 e. The third-order valence-corrected chi connectivity index (χ3v) is 2.37. The third-order valence-electron chi connectivity index (χ3n) is 2.37. The fourth-order valence-corrected chi connectivity index (χ4v) is 1.39. The van der Waals surface area contributed by atoms with E-state index in [0.29, 0.717) is 6.04 Å². The molecule has 0 radical (unpaired) electrons. The Hall–Kier alpha value is -0.120. The molecule has 0 aromatic rings. The van der Waals surface area contributed by atoms with Gasteiger partial charge in [0.1, 0.15) is 0 Å². The van der Waals surface area contributed by atoms with Crippen LogP contribution in [0.4, 0.5) is 0 Å². The summed E-state index contributed by atoms with van der Waals surface area (Å²) in [6.45, 7) is 8.74. The zero-order valence-corrected chi connectivity index (χ0v) is 9.54. The zero-order chi connectivity index (χ0) is 10.3. The van der Waals surface area contributed by atoms with Gasteiger partial charge in [-0.2, -0.15) is 0 Å². The number of hydrogen-bond acceptors (Lipinski definition) is 3. The quantitative estimate of drug-likeness (QED) is 0.669. The Bertz CT molecular complexity index is 119. The van der Waals surface area contributed by atoms with E-state index in [2.05, 4.69) is 18.9 Å². The lowest BCUT2D eigenvalue weighted by molar-refractivity contribution is 0.0503. The Labute approximate surface area is 82.0 Å². The fraction of sp³-hybridized carbons (Fsp3) is 1.00. The van der Waals surface area contributed by atoms with Crippen LogP contribution in [0.15, 0.2) is 0 Å². The molecule has 1 fully saturated rings. The average molecular weight is 189 g/mol. The van der Waals surface area contributed by atoms with Crippen molar-refractivity contribution in [1.29, 1.82) is 0 Å². The molecule has 1 heterocycles. The molecule has 80 valence electrons. The summed E-state index contributed by atoms with van der Waals surface area (Å²) in [7, 11) is 3.85. The molecule has 0 amide bonds. The highest BCUT2D eigenvalue weighted by atomic mass is 16.5. The molecule has 1 saturated heterocycles. The monoisotopic (exact) mass is 189 g/mol. The van der Waals surface area contributed by atoms with Gasteiger partial charge in [-0.1, -0.05) is 20.8 Å². The molecule has 0 aliphatic carbocycles. The van der Waals surface area contributed by atoms with Crippen molar-refractivity contribution < 1.29 is 9.47 Å². The molecule has 1 aliphatic rings. The largest absolute Gasteiger partial charge is 0.377 e. The maximum absolute atomic E-state index is 5.32. The SMILES string of the molecule is CC.CCN(C)C1COCC1OC. The first kappa shape index (κ1) is 12.9. The summed E-state index contributed by atoms with van der Waals surface area (Å²) in [6, 6.07) is 0.449. The van der Waals surface area contributed by atoms with Crippen LogP contribution >= 0.6 is 0 Å². The van der Waals surface area contributed by atoms with E-state index in [1.54, 1.807) is 7.11 Å². The summed E-state index contributed by atoms with van der Waals surface area (Å²) >= 11 is 0. The van der Waals surface area contributed by atoms with Gasteiger partial charge in [0.15, 0.2) is 0 Å². The first-order valence-electron chi connectivity index (χ1n) is 5.10. The van der Waals surface area contributed by atoms with Gasteiger partial charge in [-0.25, -0.2) is 0 Å². The van der Waals surface area contributed by atoms with Gasteiger partial charge < -0.3 is 9.47 Å². The van der Waals surface area contributed by atoms with Crippen molar-refractivity contribution in [3.8, 4) is 0 Å². The summed E-state index contributed by atoms with van der Waals surface area (Å²) in [5.41, 5.74) is 0. The van der Waals surface area contributed by atoms with Gasteiger partial charge >= 0.3 is 0 Å². The topological polar surface area (TPSA) is 21.7 Å². The number of rotatable bonds is 3. The van der Waals surface area contributed by atoms with E-state index >= 15 is 0 Å². The second-order valence-electron chi connectivity index (χ2n) is 2.95. The molecule has 0 aromatic heterocycles. The van der Waals surface area contributed by atoms with Gasteiger partial charge in [0.2, 0.25) is 0 Å². The van der Waals surface area contributed by atoms with E-state index in [0.717, 1.165) is 19.8 Å². The molecule has 0 N–H and O–H groups in total. The first-order valence-corrected chi connectivity index (χ1v) is 5.10. The molecule has 0 aromatic carbocycles. The molecule has 2 atom stereocenters. The summed E-state index contributed by atoms with van der Waals surface area (Å²) in [6.07, 6.45) is 0.264. The number of methoxy groups -OCH3 is 1. The van der Waals surface area contributed by atoms with Gasteiger partial charge in [-0.05, 0) is 13.6 Å². The summed E-state index contributed by atoms with van der Waals surface area (Å²) in [5.74, 6) is 0. The van der Waals surface area contributed by atoms with Crippen LogP contribution in [-0.2, 0) is 9.47 Å². The molecular weight excluding hydrogens is 166 g/mol. The Kier molecular flexibility index (Phi) is 7.23. The maximum atomic E-state index is 5.32. The van der Waals surface area contributed by atoms with E-state index in [-0.39, 0.29) is 6.10 Å². The molecule has 13 heavy (non-hydrogen) atoms. The van der Waals surface area contributed by atoms with E-state index in [9.17, 15) is 0 Å². The first-order chi connectivity index (χ1) is 6.29. The predicted molar refractivity (Wildman–Crippen MR) is 55.1 cm³/mol. The molecular formula is C10H23NO2. The van der Waals surface area contributed by atoms with Crippen LogP contribution in [-0.4, -0.2) is 51.0 Å². The van der Waals surface area contributed by atoms with Crippen molar-refractivity contribution >= 4 is 0 Å². The lowest BCUT2D eigenvalue weighted by Gasteiger charge is -2.25. The van der Waals surface area contributed by atoms with Crippen LogP contribution in [0.5, 0.6) is 0 Å². The highest BCUT2D eigenvalue weighted by Crippen LogP contribution is 2.13. The van der Waals surface area contributed by atoms with Crippen molar-refractivity contribution in [1.82, 2.24) is 4.90 Å². The van der Waals surface area contributed by atoms with E-state index in [4.69, 9.17) is 9.47 Å². The Morgan fingerprint density at radius 1 is 1.38 bits per heavy atom. The van der Waals surface area contributed by atoms with Crippen molar-refractivity contribution in [3.05, 3.63) is 0 Å². The number of likely N-dealkylation sites (N-methyl/N-ethyl adjacent to an activating group) is 1. The second-order valence-corrected chi connectivity index (χ2v) is 2.95. The van der Waals surface area contributed by atoms with Gasteiger partial charge in [0, 0.05) is 7.11 Å².